The summed E-state index contributed by atoms with van der Waals surface area (Å²) in [5.74, 6) is 0.831. The van der Waals surface area contributed by atoms with Crippen LogP contribution in [-0.4, -0.2) is 25.0 Å². The molecule has 1 aliphatic rings. The third-order valence-corrected chi connectivity index (χ3v) is 3.10. The quantitative estimate of drug-likeness (QED) is 0.743. The minimum atomic E-state index is -0.436. The average molecular weight is 199 g/mol. The van der Waals surface area contributed by atoms with Crippen LogP contribution in [0, 0.1) is 11.3 Å². The van der Waals surface area contributed by atoms with E-state index in [4.69, 9.17) is 10.5 Å². The number of ether oxygens (including phenoxy) is 1. The Labute approximate surface area is 86.0 Å². The highest BCUT2D eigenvalue weighted by Crippen LogP contribution is 2.30. The van der Waals surface area contributed by atoms with Gasteiger partial charge in [0, 0.05) is 12.5 Å². The van der Waals surface area contributed by atoms with Crippen molar-refractivity contribution in [2.75, 3.05) is 13.2 Å². The highest BCUT2D eigenvalue weighted by Gasteiger charge is 2.43. The summed E-state index contributed by atoms with van der Waals surface area (Å²) in [6.07, 6.45) is 1.58. The lowest BCUT2D eigenvalue weighted by atomic mass is 9.79. The normalized spacial score (nSPS) is 32.5. The Hall–Kier alpha value is -0.410. The molecule has 2 unspecified atom stereocenters. The van der Waals surface area contributed by atoms with Gasteiger partial charge in [-0.2, -0.15) is 0 Å². The van der Waals surface area contributed by atoms with Gasteiger partial charge in [0.1, 0.15) is 5.78 Å². The summed E-state index contributed by atoms with van der Waals surface area (Å²) in [4.78, 5) is 11.9. The predicted octanol–water partition coefficient (Wildman–Crippen LogP) is 1.36. The van der Waals surface area contributed by atoms with Gasteiger partial charge >= 0.3 is 0 Å². The fourth-order valence-corrected chi connectivity index (χ4v) is 1.68. The molecule has 1 saturated heterocycles. The van der Waals surface area contributed by atoms with Crippen LogP contribution in [0.2, 0.25) is 0 Å². The molecule has 0 amide bonds. The molecule has 2 N–H and O–H groups in total. The van der Waals surface area contributed by atoms with E-state index in [-0.39, 0.29) is 11.8 Å². The minimum absolute atomic E-state index is 0.123. The summed E-state index contributed by atoms with van der Waals surface area (Å²) in [7, 11) is 0. The van der Waals surface area contributed by atoms with E-state index >= 15 is 0 Å². The smallest absolute Gasteiger partial charge is 0.142 e. The SMILES string of the molecule is CC(C)CCC(=O)C1(C)COCC1N. The van der Waals surface area contributed by atoms with E-state index in [1.54, 1.807) is 0 Å². The van der Waals surface area contributed by atoms with Crippen LogP contribution in [0.4, 0.5) is 0 Å². The van der Waals surface area contributed by atoms with Crippen molar-refractivity contribution >= 4 is 5.78 Å². The monoisotopic (exact) mass is 199 g/mol. The van der Waals surface area contributed by atoms with E-state index in [9.17, 15) is 4.79 Å². The van der Waals surface area contributed by atoms with Gasteiger partial charge in [0.25, 0.3) is 0 Å². The molecule has 0 radical (unpaired) electrons. The van der Waals surface area contributed by atoms with Crippen molar-refractivity contribution < 1.29 is 9.53 Å². The zero-order valence-electron chi connectivity index (χ0n) is 9.38. The maximum atomic E-state index is 11.9. The molecule has 1 heterocycles. The summed E-state index contributed by atoms with van der Waals surface area (Å²) in [6.45, 7) is 7.18. The Morgan fingerprint density at radius 1 is 1.64 bits per heavy atom. The summed E-state index contributed by atoms with van der Waals surface area (Å²) in [6, 6.07) is -0.123. The van der Waals surface area contributed by atoms with Crippen molar-refractivity contribution in [3.8, 4) is 0 Å². The molecule has 0 aromatic heterocycles. The minimum Gasteiger partial charge on any atom is -0.379 e. The van der Waals surface area contributed by atoms with Crippen molar-refractivity contribution in [1.82, 2.24) is 0 Å². The molecular formula is C11H21NO2. The first-order chi connectivity index (χ1) is 6.47. The summed E-state index contributed by atoms with van der Waals surface area (Å²) >= 11 is 0. The van der Waals surface area contributed by atoms with Crippen LogP contribution in [0.25, 0.3) is 0 Å². The lowest BCUT2D eigenvalue weighted by Gasteiger charge is -2.25. The number of nitrogens with two attached hydrogens (primary N) is 1. The Morgan fingerprint density at radius 3 is 2.71 bits per heavy atom. The Bertz CT molecular complexity index is 215. The lowest BCUT2D eigenvalue weighted by molar-refractivity contribution is -0.128. The van der Waals surface area contributed by atoms with E-state index < -0.39 is 5.41 Å². The molecule has 1 fully saturated rings. The number of ketones is 1. The number of rotatable bonds is 4. The number of hydrogen-bond acceptors (Lipinski definition) is 3. The third kappa shape index (κ3) is 2.34. The van der Waals surface area contributed by atoms with Crippen LogP contribution in [-0.2, 0) is 9.53 Å². The maximum Gasteiger partial charge on any atom is 0.142 e. The van der Waals surface area contributed by atoms with E-state index in [1.165, 1.54) is 0 Å². The van der Waals surface area contributed by atoms with Gasteiger partial charge in [-0.3, -0.25) is 4.79 Å². The largest absolute Gasteiger partial charge is 0.379 e. The second-order valence-electron chi connectivity index (χ2n) is 4.89. The average Bonchev–Trinajstić information content (AvgIpc) is 2.44. The van der Waals surface area contributed by atoms with Gasteiger partial charge < -0.3 is 10.5 Å². The molecule has 82 valence electrons. The van der Waals surface area contributed by atoms with Crippen LogP contribution < -0.4 is 5.73 Å². The molecule has 1 aliphatic heterocycles. The van der Waals surface area contributed by atoms with Crippen LogP contribution in [0.3, 0.4) is 0 Å². The maximum absolute atomic E-state index is 11.9. The van der Waals surface area contributed by atoms with E-state index in [1.807, 2.05) is 6.92 Å². The number of hydrogen-bond donors (Lipinski definition) is 1. The second-order valence-corrected chi connectivity index (χ2v) is 4.89. The molecule has 3 nitrogen and oxygen atoms in total. The molecule has 0 aliphatic carbocycles. The van der Waals surface area contributed by atoms with Gasteiger partial charge in [0.2, 0.25) is 0 Å². The van der Waals surface area contributed by atoms with Gasteiger partial charge in [0.15, 0.2) is 0 Å². The zero-order chi connectivity index (χ0) is 10.8. The summed E-state index contributed by atoms with van der Waals surface area (Å²) < 4.78 is 5.25. The third-order valence-electron chi connectivity index (χ3n) is 3.10. The van der Waals surface area contributed by atoms with Crippen molar-refractivity contribution in [1.29, 1.82) is 0 Å². The standard InChI is InChI=1S/C11H21NO2/c1-8(2)4-5-10(13)11(3)7-14-6-9(11)12/h8-9H,4-7,12H2,1-3H3. The van der Waals surface area contributed by atoms with E-state index in [0.29, 0.717) is 25.6 Å². The molecule has 2 atom stereocenters. The fourth-order valence-electron chi connectivity index (χ4n) is 1.68. The highest BCUT2D eigenvalue weighted by molar-refractivity contribution is 5.85. The molecule has 14 heavy (non-hydrogen) atoms. The van der Waals surface area contributed by atoms with Crippen molar-refractivity contribution in [3.63, 3.8) is 0 Å². The van der Waals surface area contributed by atoms with Gasteiger partial charge in [-0.15, -0.1) is 0 Å². The number of carbonyl (C=O) groups excluding carboxylic acids is 1. The topological polar surface area (TPSA) is 52.3 Å². The first-order valence-corrected chi connectivity index (χ1v) is 5.33. The van der Waals surface area contributed by atoms with Crippen molar-refractivity contribution in [3.05, 3.63) is 0 Å². The van der Waals surface area contributed by atoms with E-state index in [2.05, 4.69) is 13.8 Å². The molecule has 3 heteroatoms. The molecule has 0 bridgehead atoms. The predicted molar refractivity (Wildman–Crippen MR) is 56.0 cm³/mol. The molecular weight excluding hydrogens is 178 g/mol. The summed E-state index contributed by atoms with van der Waals surface area (Å²) in [5.41, 5.74) is 5.44. The van der Waals surface area contributed by atoms with Crippen molar-refractivity contribution in [2.24, 2.45) is 17.1 Å². The second kappa shape index (κ2) is 4.41. The van der Waals surface area contributed by atoms with Gasteiger partial charge in [0.05, 0.1) is 18.6 Å². The van der Waals surface area contributed by atoms with Crippen LogP contribution in [0.5, 0.6) is 0 Å². The molecule has 0 spiro atoms. The molecule has 1 rings (SSSR count). The Morgan fingerprint density at radius 2 is 2.29 bits per heavy atom. The fraction of sp³-hybridized carbons (Fsp3) is 0.909. The van der Waals surface area contributed by atoms with Gasteiger partial charge in [-0.1, -0.05) is 13.8 Å². The van der Waals surface area contributed by atoms with Gasteiger partial charge in [-0.05, 0) is 19.3 Å². The summed E-state index contributed by atoms with van der Waals surface area (Å²) in [5, 5.41) is 0. The number of carbonyl (C=O) groups is 1. The molecule has 0 aromatic rings. The van der Waals surface area contributed by atoms with Crippen LogP contribution in [0.15, 0.2) is 0 Å². The zero-order valence-corrected chi connectivity index (χ0v) is 9.38. The highest BCUT2D eigenvalue weighted by atomic mass is 16.5. The van der Waals surface area contributed by atoms with Crippen LogP contribution in [0.1, 0.15) is 33.6 Å². The van der Waals surface area contributed by atoms with Gasteiger partial charge in [-0.25, -0.2) is 0 Å². The van der Waals surface area contributed by atoms with E-state index in [0.717, 1.165) is 6.42 Å². The molecule has 0 saturated carbocycles. The van der Waals surface area contributed by atoms with Crippen molar-refractivity contribution in [2.45, 2.75) is 39.7 Å². The molecule has 0 aromatic carbocycles. The lowest BCUT2D eigenvalue weighted by Crippen LogP contribution is -2.44. The van der Waals surface area contributed by atoms with Crippen LogP contribution >= 0.6 is 0 Å². The first kappa shape index (κ1) is 11.7. The Kier molecular flexibility index (Phi) is 3.67. The first-order valence-electron chi connectivity index (χ1n) is 5.33. The Balaban J connectivity index is 2.50. The number of Topliss-reactive ketones (excluding diaryl/α,β-unsaturated/α-hetero) is 1.